The molecule has 0 radical (unpaired) electrons. The van der Waals surface area contributed by atoms with E-state index in [0.29, 0.717) is 61.6 Å². The van der Waals surface area contributed by atoms with Crippen LogP contribution in [0.3, 0.4) is 0 Å². The third-order valence-corrected chi connectivity index (χ3v) is 5.91. The first-order valence-electron chi connectivity index (χ1n) is 11.8. The predicted octanol–water partition coefficient (Wildman–Crippen LogP) is 3.06. The van der Waals surface area contributed by atoms with Crippen LogP contribution in [0.1, 0.15) is 23.1 Å². The molecule has 0 saturated carbocycles. The fourth-order valence-corrected chi connectivity index (χ4v) is 4.10. The Balaban J connectivity index is 1.24. The second-order valence-electron chi connectivity index (χ2n) is 8.31. The summed E-state index contributed by atoms with van der Waals surface area (Å²) in [5.74, 6) is 1.45. The lowest BCUT2D eigenvalue weighted by atomic mass is 10.1. The van der Waals surface area contributed by atoms with Gasteiger partial charge in [-0.15, -0.1) is 0 Å². The molecule has 0 unspecified atom stereocenters. The number of anilines is 1. The van der Waals surface area contributed by atoms with Crippen molar-refractivity contribution in [1.82, 2.24) is 24.8 Å². The van der Waals surface area contributed by atoms with Crippen LogP contribution in [0, 0.1) is 0 Å². The Morgan fingerprint density at radius 3 is 2.47 bits per heavy atom. The van der Waals surface area contributed by atoms with Gasteiger partial charge in [-0.1, -0.05) is 12.1 Å². The molecule has 0 spiro atoms. The number of aromatic nitrogens is 4. The molecule has 1 saturated heterocycles. The van der Waals surface area contributed by atoms with E-state index in [9.17, 15) is 9.59 Å². The van der Waals surface area contributed by atoms with Crippen LogP contribution in [0.5, 0.6) is 11.6 Å². The summed E-state index contributed by atoms with van der Waals surface area (Å²) in [7, 11) is 0. The number of para-hydroxylation sites is 2. The molecule has 4 aromatic rings. The number of hydrogen-bond acceptors (Lipinski definition) is 9. The zero-order valence-corrected chi connectivity index (χ0v) is 19.9. The lowest BCUT2D eigenvalue weighted by Gasteiger charge is -2.34. The van der Waals surface area contributed by atoms with Crippen LogP contribution in [0.2, 0.25) is 0 Å². The van der Waals surface area contributed by atoms with E-state index in [-0.39, 0.29) is 18.3 Å². The first-order chi connectivity index (χ1) is 17.6. The molecule has 1 aliphatic rings. The van der Waals surface area contributed by atoms with Gasteiger partial charge in [-0.25, -0.2) is 15.0 Å². The summed E-state index contributed by atoms with van der Waals surface area (Å²) < 4.78 is 11.1. The first kappa shape index (κ1) is 23.4. The Kier molecular flexibility index (Phi) is 6.85. The standard InChI is InChI=1S/C26H26N6O4/c1-2-35-22(33)17-31-13-15-32(16-14-31)25-26(28-12-11-27-25)36-19-9-7-18(8-10-19)23(34)24-29-20-5-3-4-6-21(20)30-24/h3-12H,2,13-17H2,1H3,(H,29,30). The molecule has 1 fully saturated rings. The molecule has 10 heteroatoms. The highest BCUT2D eigenvalue weighted by Crippen LogP contribution is 2.29. The molecule has 1 N–H and O–H groups in total. The molecule has 2 aromatic heterocycles. The average Bonchev–Trinajstić information content (AvgIpc) is 3.34. The van der Waals surface area contributed by atoms with Crippen molar-refractivity contribution in [3.63, 3.8) is 0 Å². The summed E-state index contributed by atoms with van der Waals surface area (Å²) in [5.41, 5.74) is 2.06. The van der Waals surface area contributed by atoms with E-state index < -0.39 is 0 Å². The number of fused-ring (bicyclic) bond motifs is 1. The van der Waals surface area contributed by atoms with Crippen LogP contribution in [0.15, 0.2) is 60.9 Å². The summed E-state index contributed by atoms with van der Waals surface area (Å²) in [5, 5.41) is 0. The molecular formula is C26H26N6O4. The maximum absolute atomic E-state index is 12.9. The normalized spacial score (nSPS) is 14.1. The number of ether oxygens (including phenoxy) is 2. The van der Waals surface area contributed by atoms with Crippen molar-refractivity contribution in [1.29, 1.82) is 0 Å². The fourth-order valence-electron chi connectivity index (χ4n) is 4.10. The van der Waals surface area contributed by atoms with Crippen LogP contribution in [-0.4, -0.2) is 75.9 Å². The van der Waals surface area contributed by atoms with E-state index in [1.165, 1.54) is 0 Å². The Bertz CT molecular complexity index is 1330. The van der Waals surface area contributed by atoms with Gasteiger partial charge in [0.25, 0.3) is 5.88 Å². The molecule has 184 valence electrons. The van der Waals surface area contributed by atoms with E-state index in [1.54, 1.807) is 43.6 Å². The lowest BCUT2D eigenvalue weighted by molar-refractivity contribution is -0.144. The largest absolute Gasteiger partial charge is 0.465 e. The fraction of sp³-hybridized carbons (Fsp3) is 0.269. The van der Waals surface area contributed by atoms with Crippen molar-refractivity contribution in [3.8, 4) is 11.6 Å². The Morgan fingerprint density at radius 1 is 0.972 bits per heavy atom. The highest BCUT2D eigenvalue weighted by Gasteiger charge is 2.23. The van der Waals surface area contributed by atoms with Crippen molar-refractivity contribution in [2.75, 3.05) is 44.2 Å². The third kappa shape index (κ3) is 5.18. The molecule has 0 bridgehead atoms. The SMILES string of the molecule is CCOC(=O)CN1CCN(c2nccnc2Oc2ccc(C(=O)c3nc4ccccc4[nH]3)cc2)CC1. The number of imidazole rings is 1. The predicted molar refractivity (Wildman–Crippen MR) is 133 cm³/mol. The smallest absolute Gasteiger partial charge is 0.320 e. The Morgan fingerprint density at radius 2 is 1.72 bits per heavy atom. The zero-order valence-electron chi connectivity index (χ0n) is 19.9. The zero-order chi connectivity index (χ0) is 24.9. The highest BCUT2D eigenvalue weighted by molar-refractivity contribution is 6.08. The quantitative estimate of drug-likeness (QED) is 0.296. The Hall–Kier alpha value is -4.31. The number of esters is 1. The summed E-state index contributed by atoms with van der Waals surface area (Å²) >= 11 is 0. The van der Waals surface area contributed by atoms with Gasteiger partial charge in [0, 0.05) is 44.1 Å². The van der Waals surface area contributed by atoms with Gasteiger partial charge in [0.15, 0.2) is 11.6 Å². The van der Waals surface area contributed by atoms with Gasteiger partial charge in [0.2, 0.25) is 5.78 Å². The molecule has 0 amide bonds. The average molecular weight is 487 g/mol. The number of H-pyrrole nitrogens is 1. The first-order valence-corrected chi connectivity index (χ1v) is 11.8. The van der Waals surface area contributed by atoms with E-state index in [1.807, 2.05) is 24.3 Å². The molecule has 2 aromatic carbocycles. The van der Waals surface area contributed by atoms with Crippen molar-refractivity contribution in [3.05, 3.63) is 72.3 Å². The van der Waals surface area contributed by atoms with Crippen molar-refractivity contribution in [2.24, 2.45) is 0 Å². The maximum atomic E-state index is 12.9. The molecule has 5 rings (SSSR count). The number of aromatic amines is 1. The molecule has 0 atom stereocenters. The van der Waals surface area contributed by atoms with Crippen molar-refractivity contribution < 1.29 is 19.1 Å². The van der Waals surface area contributed by atoms with Gasteiger partial charge in [-0.05, 0) is 43.3 Å². The van der Waals surface area contributed by atoms with E-state index in [0.717, 1.165) is 11.0 Å². The molecule has 0 aliphatic carbocycles. The lowest BCUT2D eigenvalue weighted by Crippen LogP contribution is -2.48. The third-order valence-electron chi connectivity index (χ3n) is 5.91. The monoisotopic (exact) mass is 486 g/mol. The summed E-state index contributed by atoms with van der Waals surface area (Å²) in [6, 6.07) is 14.4. The number of benzene rings is 2. The van der Waals surface area contributed by atoms with Gasteiger partial charge in [0.05, 0.1) is 24.2 Å². The van der Waals surface area contributed by atoms with Crippen LogP contribution in [-0.2, 0) is 9.53 Å². The molecule has 3 heterocycles. The summed E-state index contributed by atoms with van der Waals surface area (Å²) in [6.45, 7) is 5.23. The maximum Gasteiger partial charge on any atom is 0.320 e. The highest BCUT2D eigenvalue weighted by atomic mass is 16.5. The van der Waals surface area contributed by atoms with E-state index in [4.69, 9.17) is 9.47 Å². The molecule has 10 nitrogen and oxygen atoms in total. The number of nitrogens with one attached hydrogen (secondary N) is 1. The molecule has 1 aliphatic heterocycles. The summed E-state index contributed by atoms with van der Waals surface area (Å²) in [6.07, 6.45) is 3.21. The number of piperazine rings is 1. The van der Waals surface area contributed by atoms with Crippen LogP contribution >= 0.6 is 0 Å². The van der Waals surface area contributed by atoms with Crippen LogP contribution in [0.4, 0.5) is 5.82 Å². The number of carbonyl (C=O) groups is 2. The van der Waals surface area contributed by atoms with Gasteiger partial charge in [-0.3, -0.25) is 14.5 Å². The van der Waals surface area contributed by atoms with Gasteiger partial charge in [-0.2, -0.15) is 0 Å². The number of ketones is 1. The minimum atomic E-state index is -0.211. The minimum absolute atomic E-state index is 0.196. The van der Waals surface area contributed by atoms with E-state index in [2.05, 4.69) is 29.7 Å². The Labute approximate surface area is 207 Å². The second kappa shape index (κ2) is 10.5. The van der Waals surface area contributed by atoms with E-state index >= 15 is 0 Å². The van der Waals surface area contributed by atoms with Crippen molar-refractivity contribution >= 4 is 28.6 Å². The minimum Gasteiger partial charge on any atom is -0.465 e. The number of carbonyl (C=O) groups excluding carboxylic acids is 2. The van der Waals surface area contributed by atoms with Gasteiger partial charge < -0.3 is 19.4 Å². The van der Waals surface area contributed by atoms with Crippen LogP contribution < -0.4 is 9.64 Å². The number of rotatable bonds is 8. The second-order valence-corrected chi connectivity index (χ2v) is 8.31. The van der Waals surface area contributed by atoms with Gasteiger partial charge in [0.1, 0.15) is 5.75 Å². The van der Waals surface area contributed by atoms with Crippen molar-refractivity contribution in [2.45, 2.75) is 6.92 Å². The molecule has 36 heavy (non-hydrogen) atoms. The van der Waals surface area contributed by atoms with Gasteiger partial charge >= 0.3 is 5.97 Å². The molecular weight excluding hydrogens is 460 g/mol. The summed E-state index contributed by atoms with van der Waals surface area (Å²) in [4.78, 5) is 45.1. The number of nitrogens with zero attached hydrogens (tertiary/aromatic N) is 5. The number of hydrogen-bond donors (Lipinski definition) is 1. The van der Waals surface area contributed by atoms with Crippen LogP contribution in [0.25, 0.3) is 11.0 Å². The topological polar surface area (TPSA) is 114 Å².